The molecule has 23 heavy (non-hydrogen) atoms. The maximum absolute atomic E-state index is 7.50. The van der Waals surface area contributed by atoms with Crippen molar-refractivity contribution in [3.63, 3.8) is 0 Å². The van der Waals surface area contributed by atoms with Crippen molar-refractivity contribution < 1.29 is 32.5 Å². The summed E-state index contributed by atoms with van der Waals surface area (Å²) in [5.41, 5.74) is 1.20. The van der Waals surface area contributed by atoms with Crippen molar-refractivity contribution in [2.45, 2.75) is 19.9 Å². The molecular formula is C14H13I2N2O4Re. The predicted octanol–water partition coefficient (Wildman–Crippen LogP) is 3.07. The summed E-state index contributed by atoms with van der Waals surface area (Å²) in [5, 5.41) is 6.95. The first kappa shape index (κ1) is 30.8. The first-order chi connectivity index (χ1) is 11.1. The Morgan fingerprint density at radius 3 is 1.78 bits per heavy atom. The van der Waals surface area contributed by atoms with Crippen LogP contribution in [0.25, 0.3) is 0 Å². The van der Waals surface area contributed by atoms with Crippen LogP contribution in [-0.4, -0.2) is 10.3 Å². The summed E-state index contributed by atoms with van der Waals surface area (Å²) in [7, 11) is 0. The molecule has 0 saturated carbocycles. The molecule has 0 bridgehead atoms. The Morgan fingerprint density at radius 1 is 1.00 bits per heavy atom. The third-order valence-electron chi connectivity index (χ3n) is 1.61. The van der Waals surface area contributed by atoms with Gasteiger partial charge in [0.1, 0.15) is 0 Å². The molecule has 0 aliphatic rings. The summed E-state index contributed by atoms with van der Waals surface area (Å²) in [5.74, 6) is 0. The molecule has 1 rings (SSSR count). The predicted molar refractivity (Wildman–Crippen MR) is 95.8 cm³/mol. The van der Waals surface area contributed by atoms with E-state index in [4.69, 9.17) is 18.6 Å². The minimum atomic E-state index is -0.331. The van der Waals surface area contributed by atoms with E-state index in [1.165, 1.54) is 13.5 Å². The molecule has 0 fully saturated rings. The van der Waals surface area contributed by atoms with Gasteiger partial charge in [-0.15, -0.1) is 0 Å². The fraction of sp³-hybridized carbons (Fsp3) is 0.214. The zero-order valence-electron chi connectivity index (χ0n) is 12.2. The quantitative estimate of drug-likeness (QED) is 0.285. The van der Waals surface area contributed by atoms with Crippen LogP contribution in [0.15, 0.2) is 24.3 Å². The van der Waals surface area contributed by atoms with Crippen molar-refractivity contribution in [3.8, 4) is 0 Å². The molecule has 0 heterocycles. The molecule has 0 aliphatic carbocycles. The molecule has 9 heteroatoms. The van der Waals surface area contributed by atoms with Gasteiger partial charge < -0.3 is 0 Å². The summed E-state index contributed by atoms with van der Waals surface area (Å²) in [6.45, 7) is 22.3. The zero-order chi connectivity index (χ0) is 19.3. The van der Waals surface area contributed by atoms with Gasteiger partial charge in [0.15, 0.2) is 0 Å². The summed E-state index contributed by atoms with van der Waals surface area (Å²) < 4.78 is 32.6. The van der Waals surface area contributed by atoms with Crippen molar-refractivity contribution >= 4 is 52.0 Å². The van der Waals surface area contributed by atoms with Crippen LogP contribution in [0.1, 0.15) is 13.8 Å². The molecule has 0 unspecified atom stereocenters. The Kier molecular flexibility index (Phi) is 35.9. The van der Waals surface area contributed by atoms with Crippen LogP contribution in [0.2, 0.25) is 0 Å². The summed E-state index contributed by atoms with van der Waals surface area (Å²) >= 11 is 4.53. The molecule has 0 saturated heterocycles. The Labute approximate surface area is 168 Å². The fourth-order valence-electron chi connectivity index (χ4n) is 1.01. The number of halogens is 2. The Hall–Kier alpha value is -0.0677. The number of nitrogens with one attached hydrogen (secondary N) is 2. The van der Waals surface area contributed by atoms with Crippen molar-refractivity contribution in [1.82, 2.24) is 5.32 Å². The van der Waals surface area contributed by atoms with Crippen molar-refractivity contribution in [3.05, 3.63) is 54.4 Å². The third kappa shape index (κ3) is 19.9. The van der Waals surface area contributed by atoms with Crippen LogP contribution in [0.5, 0.6) is 0 Å². The van der Waals surface area contributed by atoms with Crippen LogP contribution in [0, 0.1) is 30.2 Å². The maximum atomic E-state index is 7.50. The van der Waals surface area contributed by atoms with Gasteiger partial charge in [-0.2, -0.15) is 0 Å². The van der Waals surface area contributed by atoms with Gasteiger partial charge in [-0.3, -0.25) is 0 Å². The molecule has 0 aliphatic heterocycles. The molecule has 0 spiro atoms. The molecule has 124 valence electrons. The zero-order valence-corrected chi connectivity index (χ0v) is 19.2. The van der Waals surface area contributed by atoms with E-state index in [1.807, 2.05) is 0 Å². The van der Waals surface area contributed by atoms with E-state index < -0.39 is 0 Å². The molecule has 1 aromatic carbocycles. The van der Waals surface area contributed by atoms with Gasteiger partial charge in [0.2, 0.25) is 0 Å². The SMILES string of the molecule is CC(C)N[C](Nc1ccccc1I)=[Re][I].[C-]#[O+].[C-]#[O+].[C-]#[O+].[C-]#[O+]. The second kappa shape index (κ2) is 26.8. The van der Waals surface area contributed by atoms with Crippen molar-refractivity contribution in [1.29, 1.82) is 0 Å². The molecule has 2 N–H and O–H groups in total. The van der Waals surface area contributed by atoms with Crippen LogP contribution >= 0.6 is 42.1 Å². The van der Waals surface area contributed by atoms with E-state index >= 15 is 0 Å². The Morgan fingerprint density at radius 2 is 1.43 bits per heavy atom. The average molecular weight is 713 g/mol. The fourth-order valence-corrected chi connectivity index (χ4v) is 4.76. The molecule has 6 nitrogen and oxygen atoms in total. The van der Waals surface area contributed by atoms with E-state index in [1.54, 1.807) is 0 Å². The van der Waals surface area contributed by atoms with Gasteiger partial charge in [0.25, 0.3) is 0 Å². The number of anilines is 1. The number of hydrogen-bond acceptors (Lipinski definition) is 2. The summed E-state index contributed by atoms with van der Waals surface area (Å²) in [6.07, 6.45) is 0. The number of rotatable bonds is 4. The molecule has 0 aromatic heterocycles. The minimum absolute atomic E-state index is 0.331. The standard InChI is InChI=1S/C10H13IN2.4CO.HI.Re/c1-8(2)12-7-13-10-6-4-3-5-9(10)11;4*1-2;;/h3-6,8,12-13H,1-2H3;;;;;1H;/q;;;;;;+1/p-1. The van der Waals surface area contributed by atoms with Gasteiger partial charge in [-0.05, 0) is 0 Å². The van der Waals surface area contributed by atoms with E-state index in [0.29, 0.717) is 6.04 Å². The Bertz CT molecular complexity index is 490. The monoisotopic (exact) mass is 714 g/mol. The van der Waals surface area contributed by atoms with Crippen LogP contribution in [0.3, 0.4) is 0 Å². The van der Waals surface area contributed by atoms with E-state index in [2.05, 4.69) is 117 Å². The molecule has 0 atom stereocenters. The average Bonchev–Trinajstić information content (AvgIpc) is 2.63. The van der Waals surface area contributed by atoms with Crippen molar-refractivity contribution in [2.24, 2.45) is 0 Å². The van der Waals surface area contributed by atoms with Crippen molar-refractivity contribution in [2.75, 3.05) is 5.32 Å². The molecule has 0 radical (unpaired) electrons. The van der Waals surface area contributed by atoms with Gasteiger partial charge in [0.05, 0.1) is 0 Å². The number of hydrogen-bond donors (Lipinski definition) is 2. The number of para-hydroxylation sites is 1. The van der Waals surface area contributed by atoms with Crippen LogP contribution < -0.4 is 10.6 Å². The topological polar surface area (TPSA) is 104 Å². The summed E-state index contributed by atoms with van der Waals surface area (Å²) in [6, 6.07) is 8.86. The van der Waals surface area contributed by atoms with Gasteiger partial charge >= 0.3 is 170 Å². The van der Waals surface area contributed by atoms with Crippen LogP contribution in [-0.2, 0) is 32.5 Å². The normalized spacial score (nSPS) is 8.48. The first-order valence-corrected chi connectivity index (χ1v) is 15.5. The molecule has 1 aromatic rings. The van der Waals surface area contributed by atoms with Crippen LogP contribution in [0.4, 0.5) is 5.69 Å². The summed E-state index contributed by atoms with van der Waals surface area (Å²) in [4.78, 5) is 0. The van der Waals surface area contributed by atoms with Gasteiger partial charge in [-0.25, -0.2) is 0 Å². The second-order valence-electron chi connectivity index (χ2n) is 3.29. The third-order valence-corrected chi connectivity index (χ3v) is 7.13. The van der Waals surface area contributed by atoms with Gasteiger partial charge in [-0.1, -0.05) is 0 Å². The number of benzene rings is 1. The van der Waals surface area contributed by atoms with Gasteiger partial charge in [0, 0.05) is 0 Å². The first-order valence-electron chi connectivity index (χ1n) is 5.36. The molecular weight excluding hydrogens is 700 g/mol. The molecule has 0 amide bonds. The van der Waals surface area contributed by atoms with E-state index in [9.17, 15) is 0 Å². The second-order valence-corrected chi connectivity index (χ2v) is 9.66. The van der Waals surface area contributed by atoms with E-state index in [-0.39, 0.29) is 13.9 Å². The van der Waals surface area contributed by atoms with E-state index in [0.717, 1.165) is 0 Å². The Balaban J connectivity index is -0.000000196.